The first-order chi connectivity index (χ1) is 21.9. The molecule has 0 fully saturated rings. The second kappa shape index (κ2) is 30.0. The molecule has 0 aromatic heterocycles. The monoisotopic (exact) mass is 652 g/mol. The lowest BCUT2D eigenvalue weighted by Gasteiger charge is -2.21. The van der Waals surface area contributed by atoms with Crippen LogP contribution in [-0.2, 0) is 19.1 Å². The van der Waals surface area contributed by atoms with Crippen molar-refractivity contribution in [1.82, 2.24) is 4.90 Å². The van der Waals surface area contributed by atoms with Crippen LogP contribution < -0.4 is 0 Å². The Labute approximate surface area is 288 Å². The molecule has 5 nitrogen and oxygen atoms in total. The van der Waals surface area contributed by atoms with Crippen molar-refractivity contribution in [1.29, 1.82) is 0 Å². The molecule has 0 aromatic carbocycles. The first-order valence-corrected chi connectivity index (χ1v) is 20.0. The van der Waals surface area contributed by atoms with Crippen LogP contribution >= 0.6 is 0 Å². The molecule has 0 saturated heterocycles. The van der Waals surface area contributed by atoms with Gasteiger partial charge < -0.3 is 14.4 Å². The summed E-state index contributed by atoms with van der Waals surface area (Å²) in [6.07, 6.45) is 23.5. The molecule has 0 saturated carbocycles. The number of unbranched alkanes of at least 4 members (excludes halogenated alkanes) is 12. The van der Waals surface area contributed by atoms with Crippen molar-refractivity contribution < 1.29 is 19.1 Å². The molecule has 0 unspecified atom stereocenters. The fourth-order valence-corrected chi connectivity index (χ4v) is 6.61. The van der Waals surface area contributed by atoms with Crippen LogP contribution in [0, 0.1) is 23.7 Å². The molecule has 0 N–H and O–H groups in total. The van der Waals surface area contributed by atoms with Gasteiger partial charge in [0.25, 0.3) is 0 Å². The second-order valence-electron chi connectivity index (χ2n) is 16.0. The minimum Gasteiger partial charge on any atom is -0.462 e. The smallest absolute Gasteiger partial charge is 0.306 e. The third-order valence-electron chi connectivity index (χ3n) is 8.78. The molecule has 5 heteroatoms. The first-order valence-electron chi connectivity index (χ1n) is 20.0. The van der Waals surface area contributed by atoms with E-state index in [0.717, 1.165) is 51.4 Å². The minimum absolute atomic E-state index is 0.00367. The Hall–Kier alpha value is -1.10. The zero-order chi connectivity index (χ0) is 34.6. The molecule has 0 aliphatic heterocycles. The van der Waals surface area contributed by atoms with E-state index in [2.05, 4.69) is 67.2 Å². The molecule has 0 atom stereocenters. The standard InChI is InChI=1S/C41H81NO4/c1-10-27-42(28-23-19-15-11-13-17-21-25-40(43)45-38(30-34(2)3)31-35(4)5)29-24-20-16-12-14-18-22-26-41(44)46-39(32-36(6)7)33-37(8)9/h34-39H,10-33H2,1-9H3. The summed E-state index contributed by atoms with van der Waals surface area (Å²) in [6.45, 7) is 23.6. The molecule has 0 spiro atoms. The largest absolute Gasteiger partial charge is 0.462 e. The summed E-state index contributed by atoms with van der Waals surface area (Å²) in [5, 5.41) is 0. The fourth-order valence-electron chi connectivity index (χ4n) is 6.61. The van der Waals surface area contributed by atoms with Gasteiger partial charge >= 0.3 is 11.9 Å². The first kappa shape index (κ1) is 44.9. The van der Waals surface area contributed by atoms with Gasteiger partial charge in [0.15, 0.2) is 0 Å². The Bertz CT molecular complexity index is 629. The quantitative estimate of drug-likeness (QED) is 0.0535. The minimum atomic E-state index is 0.00367. The summed E-state index contributed by atoms with van der Waals surface area (Å²) < 4.78 is 11.6. The molecule has 0 amide bonds. The van der Waals surface area contributed by atoms with Gasteiger partial charge in [0.05, 0.1) is 0 Å². The van der Waals surface area contributed by atoms with Crippen LogP contribution in [0.3, 0.4) is 0 Å². The van der Waals surface area contributed by atoms with Gasteiger partial charge in [0, 0.05) is 12.8 Å². The van der Waals surface area contributed by atoms with Crippen LogP contribution in [0.5, 0.6) is 0 Å². The van der Waals surface area contributed by atoms with Gasteiger partial charge in [0.2, 0.25) is 0 Å². The van der Waals surface area contributed by atoms with Crippen LogP contribution in [0.2, 0.25) is 0 Å². The maximum atomic E-state index is 12.3. The van der Waals surface area contributed by atoms with E-state index in [-0.39, 0.29) is 24.1 Å². The maximum absolute atomic E-state index is 12.3. The Morgan fingerprint density at radius 1 is 0.435 bits per heavy atom. The number of nitrogens with zero attached hydrogens (tertiary/aromatic N) is 1. The number of hydrogen-bond donors (Lipinski definition) is 0. The Kier molecular flexibility index (Phi) is 29.3. The van der Waals surface area contributed by atoms with Gasteiger partial charge in [-0.2, -0.15) is 0 Å². The van der Waals surface area contributed by atoms with Gasteiger partial charge in [-0.25, -0.2) is 0 Å². The van der Waals surface area contributed by atoms with E-state index in [1.54, 1.807) is 0 Å². The molecule has 0 radical (unpaired) electrons. The maximum Gasteiger partial charge on any atom is 0.306 e. The number of carbonyl (C=O) groups excluding carboxylic acids is 2. The lowest BCUT2D eigenvalue weighted by molar-refractivity contribution is -0.151. The molecular formula is C41H81NO4. The van der Waals surface area contributed by atoms with Crippen molar-refractivity contribution in [2.45, 2.75) is 209 Å². The zero-order valence-electron chi connectivity index (χ0n) is 32.5. The lowest BCUT2D eigenvalue weighted by Crippen LogP contribution is -2.27. The number of rotatable bonds is 32. The third-order valence-corrected chi connectivity index (χ3v) is 8.78. The highest BCUT2D eigenvalue weighted by molar-refractivity contribution is 5.69. The third kappa shape index (κ3) is 30.2. The van der Waals surface area contributed by atoms with Crippen LogP contribution in [0.4, 0.5) is 0 Å². The van der Waals surface area contributed by atoms with E-state index in [4.69, 9.17) is 9.47 Å². The van der Waals surface area contributed by atoms with E-state index < -0.39 is 0 Å². The molecule has 0 heterocycles. The molecule has 0 aliphatic rings. The number of carbonyl (C=O) groups is 2. The summed E-state index contributed by atoms with van der Waals surface area (Å²) in [5.74, 6) is 2.25. The zero-order valence-corrected chi connectivity index (χ0v) is 32.5. The highest BCUT2D eigenvalue weighted by Crippen LogP contribution is 2.20. The van der Waals surface area contributed by atoms with E-state index in [0.29, 0.717) is 36.5 Å². The molecule has 0 bridgehead atoms. The van der Waals surface area contributed by atoms with Gasteiger partial charge in [-0.15, -0.1) is 0 Å². The van der Waals surface area contributed by atoms with Crippen molar-refractivity contribution >= 4 is 11.9 Å². The Morgan fingerprint density at radius 3 is 1.00 bits per heavy atom. The predicted molar refractivity (Wildman–Crippen MR) is 198 cm³/mol. The predicted octanol–water partition coefficient (Wildman–Crippen LogP) is 11.9. The summed E-state index contributed by atoms with van der Waals surface area (Å²) in [7, 11) is 0. The van der Waals surface area contributed by atoms with Crippen molar-refractivity contribution in [3.8, 4) is 0 Å². The van der Waals surface area contributed by atoms with Crippen LogP contribution in [0.1, 0.15) is 197 Å². The summed E-state index contributed by atoms with van der Waals surface area (Å²) in [4.78, 5) is 27.3. The van der Waals surface area contributed by atoms with Crippen molar-refractivity contribution in [3.63, 3.8) is 0 Å². The normalized spacial score (nSPS) is 12.2. The highest BCUT2D eigenvalue weighted by Gasteiger charge is 2.18. The van der Waals surface area contributed by atoms with E-state index in [1.807, 2.05) is 0 Å². The van der Waals surface area contributed by atoms with E-state index >= 15 is 0 Å². The topological polar surface area (TPSA) is 55.8 Å². The molecular weight excluding hydrogens is 570 g/mol. The average molecular weight is 652 g/mol. The summed E-state index contributed by atoms with van der Waals surface area (Å²) >= 11 is 0. The Balaban J connectivity index is 3.83. The summed E-state index contributed by atoms with van der Waals surface area (Å²) in [6, 6.07) is 0. The van der Waals surface area contributed by atoms with E-state index in [9.17, 15) is 9.59 Å². The summed E-state index contributed by atoms with van der Waals surface area (Å²) in [5.41, 5.74) is 0. The lowest BCUT2D eigenvalue weighted by atomic mass is 9.98. The van der Waals surface area contributed by atoms with E-state index in [1.165, 1.54) is 90.3 Å². The van der Waals surface area contributed by atoms with Gasteiger partial charge in [0.1, 0.15) is 12.2 Å². The van der Waals surface area contributed by atoms with Gasteiger partial charge in [-0.1, -0.05) is 127 Å². The van der Waals surface area contributed by atoms with Gasteiger partial charge in [-0.3, -0.25) is 9.59 Å². The molecule has 0 aromatic rings. The molecule has 274 valence electrons. The van der Waals surface area contributed by atoms with Crippen molar-refractivity contribution in [3.05, 3.63) is 0 Å². The van der Waals surface area contributed by atoms with Crippen LogP contribution in [-0.4, -0.2) is 48.7 Å². The molecule has 0 rings (SSSR count). The average Bonchev–Trinajstić information content (AvgIpc) is 2.93. The second-order valence-corrected chi connectivity index (χ2v) is 16.0. The van der Waals surface area contributed by atoms with Crippen molar-refractivity contribution in [2.24, 2.45) is 23.7 Å². The molecule has 46 heavy (non-hydrogen) atoms. The highest BCUT2D eigenvalue weighted by atomic mass is 16.5. The Morgan fingerprint density at radius 2 is 0.717 bits per heavy atom. The van der Waals surface area contributed by atoms with Crippen LogP contribution in [0.25, 0.3) is 0 Å². The van der Waals surface area contributed by atoms with Gasteiger partial charge in [-0.05, 0) is 101 Å². The van der Waals surface area contributed by atoms with Crippen molar-refractivity contribution in [2.75, 3.05) is 19.6 Å². The number of ether oxygens (including phenoxy) is 2. The SMILES string of the molecule is CCCN(CCCCCCCCCC(=O)OC(CC(C)C)CC(C)C)CCCCCCCCCC(=O)OC(CC(C)C)CC(C)C. The molecule has 0 aliphatic carbocycles. The number of esters is 2. The fraction of sp³-hybridized carbons (Fsp3) is 0.951. The van der Waals surface area contributed by atoms with Crippen LogP contribution in [0.15, 0.2) is 0 Å². The number of hydrogen-bond acceptors (Lipinski definition) is 5.